The molecule has 0 saturated carbocycles. The molecule has 0 bridgehead atoms. The molecule has 21 heavy (non-hydrogen) atoms. The summed E-state index contributed by atoms with van der Waals surface area (Å²) < 4.78 is 0. The number of aliphatic carboxylic acids is 1. The Morgan fingerprint density at radius 1 is 1.24 bits per heavy atom. The van der Waals surface area contributed by atoms with E-state index >= 15 is 0 Å². The van der Waals surface area contributed by atoms with Crippen LogP contribution >= 0.6 is 34.5 Å². The van der Waals surface area contributed by atoms with Crippen molar-refractivity contribution in [3.05, 3.63) is 50.6 Å². The van der Waals surface area contributed by atoms with Gasteiger partial charge in [0.05, 0.1) is 10.7 Å². The minimum atomic E-state index is -1.15. The first kappa shape index (κ1) is 15.6. The molecular weight excluding hydrogens is 335 g/mol. The van der Waals surface area contributed by atoms with Crippen molar-refractivity contribution in [3.8, 4) is 0 Å². The van der Waals surface area contributed by atoms with Crippen molar-refractivity contribution in [3.63, 3.8) is 0 Å². The van der Waals surface area contributed by atoms with Crippen molar-refractivity contribution in [2.75, 3.05) is 5.32 Å². The van der Waals surface area contributed by atoms with E-state index in [9.17, 15) is 14.7 Å². The zero-order valence-electron chi connectivity index (χ0n) is 10.5. The summed E-state index contributed by atoms with van der Waals surface area (Å²) in [6.07, 6.45) is 0. The minimum Gasteiger partial charge on any atom is -0.479 e. The van der Waals surface area contributed by atoms with E-state index in [1.165, 1.54) is 23.5 Å². The Morgan fingerprint density at radius 2 is 2.00 bits per heavy atom. The predicted octanol–water partition coefficient (Wildman–Crippen LogP) is 4.00. The molecule has 2 aromatic rings. The van der Waals surface area contributed by atoms with Gasteiger partial charge in [-0.05, 0) is 29.6 Å². The number of carbonyl (C=O) groups excluding carboxylic acids is 1. The molecule has 0 aliphatic carbocycles. The Labute approximate surface area is 134 Å². The first-order valence-electron chi connectivity index (χ1n) is 5.76. The molecule has 0 fully saturated rings. The molecule has 0 aliphatic heterocycles. The van der Waals surface area contributed by atoms with E-state index in [0.29, 0.717) is 20.6 Å². The van der Waals surface area contributed by atoms with Gasteiger partial charge in [0, 0.05) is 9.90 Å². The second kappa shape index (κ2) is 6.80. The highest BCUT2D eigenvalue weighted by molar-refractivity contribution is 7.10. The van der Waals surface area contributed by atoms with Crippen LogP contribution in [0.1, 0.15) is 10.9 Å². The topological polar surface area (TPSA) is 78.4 Å². The maximum absolute atomic E-state index is 11.9. The first-order chi connectivity index (χ1) is 9.97. The SMILES string of the molecule is O=C(Nc1cc(Cl)ccc1Cl)NC(C(=O)O)c1cccs1. The predicted molar refractivity (Wildman–Crippen MR) is 83.3 cm³/mol. The van der Waals surface area contributed by atoms with Crippen LogP contribution in [0.3, 0.4) is 0 Å². The van der Waals surface area contributed by atoms with Crippen LogP contribution in [0.25, 0.3) is 0 Å². The highest BCUT2D eigenvalue weighted by atomic mass is 35.5. The van der Waals surface area contributed by atoms with Crippen molar-refractivity contribution in [2.24, 2.45) is 0 Å². The summed E-state index contributed by atoms with van der Waals surface area (Å²) in [5.74, 6) is -1.15. The molecule has 1 aromatic heterocycles. The molecule has 1 aromatic carbocycles. The molecule has 0 aliphatic rings. The van der Waals surface area contributed by atoms with Crippen LogP contribution in [0.5, 0.6) is 0 Å². The van der Waals surface area contributed by atoms with E-state index in [1.807, 2.05) is 0 Å². The van der Waals surface area contributed by atoms with Crippen LogP contribution in [0.2, 0.25) is 10.0 Å². The average Bonchev–Trinajstić information content (AvgIpc) is 2.93. The average molecular weight is 345 g/mol. The van der Waals surface area contributed by atoms with Crippen molar-refractivity contribution in [1.82, 2.24) is 5.32 Å². The summed E-state index contributed by atoms with van der Waals surface area (Å²) in [5.41, 5.74) is 0.303. The number of anilines is 1. The number of carbonyl (C=O) groups is 2. The molecule has 0 saturated heterocycles. The van der Waals surface area contributed by atoms with Crippen LogP contribution in [0.15, 0.2) is 35.7 Å². The summed E-state index contributed by atoms with van der Waals surface area (Å²) in [7, 11) is 0. The zero-order valence-corrected chi connectivity index (χ0v) is 12.8. The molecule has 3 N–H and O–H groups in total. The highest BCUT2D eigenvalue weighted by Crippen LogP contribution is 2.25. The van der Waals surface area contributed by atoms with Crippen LogP contribution in [-0.4, -0.2) is 17.1 Å². The van der Waals surface area contributed by atoms with Gasteiger partial charge >= 0.3 is 12.0 Å². The summed E-state index contributed by atoms with van der Waals surface area (Å²) in [6, 6.07) is 6.14. The smallest absolute Gasteiger partial charge is 0.331 e. The number of amides is 2. The summed E-state index contributed by atoms with van der Waals surface area (Å²) in [4.78, 5) is 23.7. The molecule has 1 heterocycles. The molecular formula is C13H10Cl2N2O3S. The van der Waals surface area contributed by atoms with E-state index in [1.54, 1.807) is 23.6 Å². The number of thiophene rings is 1. The van der Waals surface area contributed by atoms with Gasteiger partial charge in [-0.15, -0.1) is 11.3 Å². The van der Waals surface area contributed by atoms with Gasteiger partial charge < -0.3 is 15.7 Å². The Morgan fingerprint density at radius 3 is 2.62 bits per heavy atom. The number of hydrogen-bond acceptors (Lipinski definition) is 3. The second-order valence-electron chi connectivity index (χ2n) is 4.01. The van der Waals surface area contributed by atoms with Gasteiger partial charge in [0.1, 0.15) is 0 Å². The minimum absolute atomic E-state index is 0.303. The second-order valence-corrected chi connectivity index (χ2v) is 5.83. The number of carboxylic acids is 1. The number of carboxylic acid groups (broad SMARTS) is 1. The summed E-state index contributed by atoms with van der Waals surface area (Å²) in [5, 5.41) is 16.5. The van der Waals surface area contributed by atoms with Gasteiger partial charge in [-0.25, -0.2) is 9.59 Å². The van der Waals surface area contributed by atoms with E-state index in [4.69, 9.17) is 23.2 Å². The van der Waals surface area contributed by atoms with Crippen LogP contribution < -0.4 is 10.6 Å². The van der Waals surface area contributed by atoms with E-state index < -0.39 is 18.0 Å². The van der Waals surface area contributed by atoms with Crippen molar-refractivity contribution in [2.45, 2.75) is 6.04 Å². The Hall–Kier alpha value is -1.76. The molecule has 5 nitrogen and oxygen atoms in total. The summed E-state index contributed by atoms with van der Waals surface area (Å²) in [6.45, 7) is 0. The molecule has 2 rings (SSSR count). The molecule has 1 unspecified atom stereocenters. The van der Waals surface area contributed by atoms with Gasteiger partial charge in [-0.2, -0.15) is 0 Å². The quantitative estimate of drug-likeness (QED) is 0.784. The van der Waals surface area contributed by atoms with E-state index in [2.05, 4.69) is 10.6 Å². The van der Waals surface area contributed by atoms with Crippen LogP contribution in [-0.2, 0) is 4.79 Å². The van der Waals surface area contributed by atoms with Gasteiger partial charge in [0.25, 0.3) is 0 Å². The fourth-order valence-electron chi connectivity index (χ4n) is 1.59. The lowest BCUT2D eigenvalue weighted by Gasteiger charge is -2.14. The normalized spacial score (nSPS) is 11.7. The molecule has 0 spiro atoms. The Kier molecular flexibility index (Phi) is 5.06. The van der Waals surface area contributed by atoms with Gasteiger partial charge in [0.2, 0.25) is 0 Å². The van der Waals surface area contributed by atoms with Crippen molar-refractivity contribution < 1.29 is 14.7 Å². The molecule has 1 atom stereocenters. The summed E-state index contributed by atoms with van der Waals surface area (Å²) >= 11 is 13.0. The Balaban J connectivity index is 2.10. The number of halogens is 2. The molecule has 0 radical (unpaired) electrons. The number of nitrogens with one attached hydrogen (secondary N) is 2. The fraction of sp³-hybridized carbons (Fsp3) is 0.0769. The monoisotopic (exact) mass is 344 g/mol. The Bertz CT molecular complexity index is 661. The van der Waals surface area contributed by atoms with Crippen LogP contribution in [0.4, 0.5) is 10.5 Å². The van der Waals surface area contributed by atoms with Crippen molar-refractivity contribution in [1.29, 1.82) is 0 Å². The van der Waals surface area contributed by atoms with Crippen molar-refractivity contribution >= 4 is 52.2 Å². The third-order valence-electron chi connectivity index (χ3n) is 2.53. The van der Waals surface area contributed by atoms with E-state index in [0.717, 1.165) is 0 Å². The number of urea groups is 1. The number of rotatable bonds is 4. The van der Waals surface area contributed by atoms with Gasteiger partial charge in [0.15, 0.2) is 6.04 Å². The first-order valence-corrected chi connectivity index (χ1v) is 7.39. The highest BCUT2D eigenvalue weighted by Gasteiger charge is 2.23. The fourth-order valence-corrected chi connectivity index (χ4v) is 2.70. The standard InChI is InChI=1S/C13H10Cl2N2O3S/c14-7-3-4-8(15)9(6-7)16-13(20)17-11(12(18)19)10-2-1-5-21-10/h1-6,11H,(H,18,19)(H2,16,17,20). The number of benzene rings is 1. The molecule has 8 heteroatoms. The van der Waals surface area contributed by atoms with E-state index in [-0.39, 0.29) is 0 Å². The third kappa shape index (κ3) is 4.10. The van der Waals surface area contributed by atoms with Gasteiger partial charge in [-0.3, -0.25) is 0 Å². The third-order valence-corrected chi connectivity index (χ3v) is 4.03. The largest absolute Gasteiger partial charge is 0.479 e. The number of hydrogen-bond donors (Lipinski definition) is 3. The molecule has 110 valence electrons. The lowest BCUT2D eigenvalue weighted by atomic mass is 10.2. The van der Waals surface area contributed by atoms with Gasteiger partial charge in [-0.1, -0.05) is 29.3 Å². The lowest BCUT2D eigenvalue weighted by Crippen LogP contribution is -2.36. The lowest BCUT2D eigenvalue weighted by molar-refractivity contribution is -0.139. The maximum atomic E-state index is 11.9. The van der Waals surface area contributed by atoms with Crippen LogP contribution in [0, 0.1) is 0 Å². The zero-order chi connectivity index (χ0) is 15.4. The molecule has 2 amide bonds. The maximum Gasteiger partial charge on any atom is 0.331 e.